The molecule has 0 atom stereocenters. The number of rotatable bonds is 11. The smallest absolute Gasteiger partial charge is 0.222 e. The molecule has 8 heteroatoms. The summed E-state index contributed by atoms with van der Waals surface area (Å²) in [4.78, 5) is 16.2. The number of anilines is 1. The minimum atomic E-state index is -0.0109. The Bertz CT molecular complexity index is 772. The number of ether oxygens (including phenoxy) is 2. The lowest BCUT2D eigenvalue weighted by molar-refractivity contribution is -0.121. The molecule has 164 valence electrons. The lowest BCUT2D eigenvalue weighted by atomic mass is 10.2. The molecule has 3 N–H and O–H groups in total. The molecule has 0 aromatic heterocycles. The molecule has 0 spiro atoms. The molecule has 0 aliphatic rings. The molecule has 2 rings (SSSR count). The van der Waals surface area contributed by atoms with Gasteiger partial charge in [-0.05, 0) is 17.7 Å². The highest BCUT2D eigenvalue weighted by molar-refractivity contribution is 14.0. The van der Waals surface area contributed by atoms with Crippen molar-refractivity contribution in [3.05, 3.63) is 60.2 Å². The van der Waals surface area contributed by atoms with Gasteiger partial charge in [0, 0.05) is 58.4 Å². The molecular weight excluding hydrogens is 495 g/mol. The van der Waals surface area contributed by atoms with Crippen LogP contribution in [-0.4, -0.2) is 45.8 Å². The quantitative estimate of drug-likeness (QED) is 0.181. The first-order valence-corrected chi connectivity index (χ1v) is 9.71. The van der Waals surface area contributed by atoms with Gasteiger partial charge >= 0.3 is 0 Å². The number of benzene rings is 2. The minimum absolute atomic E-state index is 0. The normalized spacial score (nSPS) is 10.7. The van der Waals surface area contributed by atoms with Crippen LogP contribution in [0.1, 0.15) is 18.4 Å². The largest absolute Gasteiger partial charge is 0.493 e. The van der Waals surface area contributed by atoms with Crippen molar-refractivity contribution in [2.75, 3.05) is 39.2 Å². The van der Waals surface area contributed by atoms with Gasteiger partial charge < -0.3 is 25.4 Å². The van der Waals surface area contributed by atoms with Gasteiger partial charge in [-0.15, -0.1) is 24.0 Å². The third kappa shape index (κ3) is 10.4. The Balaban J connectivity index is 0.00000450. The Labute approximate surface area is 195 Å². The van der Waals surface area contributed by atoms with Crippen LogP contribution in [0.4, 0.5) is 5.69 Å². The van der Waals surface area contributed by atoms with E-state index < -0.39 is 0 Å². The molecule has 2 aromatic rings. The zero-order valence-electron chi connectivity index (χ0n) is 17.5. The van der Waals surface area contributed by atoms with Crippen molar-refractivity contribution >= 4 is 41.5 Å². The first kappa shape index (κ1) is 25.7. The molecule has 0 saturated heterocycles. The van der Waals surface area contributed by atoms with Gasteiger partial charge in [0.2, 0.25) is 5.91 Å². The van der Waals surface area contributed by atoms with Crippen molar-refractivity contribution in [2.24, 2.45) is 4.99 Å². The number of hydrogen-bond acceptors (Lipinski definition) is 4. The summed E-state index contributed by atoms with van der Waals surface area (Å²) in [6.45, 7) is 2.28. The van der Waals surface area contributed by atoms with Gasteiger partial charge in [-0.25, -0.2) is 0 Å². The number of carbonyl (C=O) groups is 1. The van der Waals surface area contributed by atoms with Gasteiger partial charge in [0.05, 0.1) is 6.61 Å². The number of amides is 1. The second kappa shape index (κ2) is 15.5. The standard InChI is InChI=1S/C22H30N4O3.HI/c1-23-22(24-13-12-21(27)25-17-18-8-4-3-5-9-18)26-19-10-6-11-20(16-19)29-15-7-14-28-2;/h3-6,8-11,16H,7,12-15,17H2,1-2H3,(H,25,27)(H2,23,24,26);1H. The summed E-state index contributed by atoms with van der Waals surface area (Å²) < 4.78 is 10.7. The summed E-state index contributed by atoms with van der Waals surface area (Å²) >= 11 is 0. The highest BCUT2D eigenvalue weighted by Gasteiger charge is 2.04. The maximum Gasteiger partial charge on any atom is 0.222 e. The second-order valence-corrected chi connectivity index (χ2v) is 6.36. The predicted octanol–water partition coefficient (Wildman–Crippen LogP) is 3.41. The third-order valence-electron chi connectivity index (χ3n) is 4.06. The van der Waals surface area contributed by atoms with E-state index >= 15 is 0 Å². The molecule has 30 heavy (non-hydrogen) atoms. The summed E-state index contributed by atoms with van der Waals surface area (Å²) in [5.74, 6) is 1.36. The third-order valence-corrected chi connectivity index (χ3v) is 4.06. The lowest BCUT2D eigenvalue weighted by Gasteiger charge is -2.13. The molecule has 0 radical (unpaired) electrons. The topological polar surface area (TPSA) is 84.0 Å². The molecule has 0 bridgehead atoms. The Kier molecular flexibility index (Phi) is 13.3. The number of halogens is 1. The van der Waals surface area contributed by atoms with E-state index in [1.165, 1.54) is 0 Å². The number of guanidine groups is 1. The average Bonchev–Trinajstić information content (AvgIpc) is 2.75. The van der Waals surface area contributed by atoms with Crippen LogP contribution >= 0.6 is 24.0 Å². The Morgan fingerprint density at radius 1 is 1.03 bits per heavy atom. The highest BCUT2D eigenvalue weighted by atomic mass is 127. The molecule has 7 nitrogen and oxygen atoms in total. The molecule has 0 heterocycles. The zero-order chi connectivity index (χ0) is 20.7. The van der Waals surface area contributed by atoms with Gasteiger partial charge in [-0.2, -0.15) is 0 Å². The van der Waals surface area contributed by atoms with E-state index in [1.54, 1.807) is 14.2 Å². The molecule has 0 aliphatic carbocycles. The minimum Gasteiger partial charge on any atom is -0.493 e. The van der Waals surface area contributed by atoms with Crippen molar-refractivity contribution in [1.82, 2.24) is 10.6 Å². The zero-order valence-corrected chi connectivity index (χ0v) is 19.8. The van der Waals surface area contributed by atoms with Gasteiger partial charge in [0.15, 0.2) is 5.96 Å². The van der Waals surface area contributed by atoms with E-state index in [4.69, 9.17) is 9.47 Å². The Morgan fingerprint density at radius 3 is 2.57 bits per heavy atom. The molecule has 1 amide bonds. The van der Waals surface area contributed by atoms with Crippen LogP contribution in [0.3, 0.4) is 0 Å². The van der Waals surface area contributed by atoms with Gasteiger partial charge in [-0.3, -0.25) is 9.79 Å². The number of hydrogen-bond donors (Lipinski definition) is 3. The van der Waals surface area contributed by atoms with Gasteiger partial charge in [0.1, 0.15) is 5.75 Å². The molecule has 0 fully saturated rings. The van der Waals surface area contributed by atoms with Crippen molar-refractivity contribution < 1.29 is 14.3 Å². The molecule has 2 aromatic carbocycles. The van der Waals surface area contributed by atoms with E-state index in [0.717, 1.165) is 23.4 Å². The lowest BCUT2D eigenvalue weighted by Crippen LogP contribution is -2.34. The van der Waals surface area contributed by atoms with E-state index in [-0.39, 0.29) is 29.9 Å². The fourth-order valence-electron chi connectivity index (χ4n) is 2.55. The molecule has 0 saturated carbocycles. The van der Waals surface area contributed by atoms with E-state index in [0.29, 0.717) is 38.7 Å². The van der Waals surface area contributed by atoms with Crippen molar-refractivity contribution in [2.45, 2.75) is 19.4 Å². The molecule has 0 aliphatic heterocycles. The fourth-order valence-corrected chi connectivity index (χ4v) is 2.55. The van der Waals surface area contributed by atoms with Gasteiger partial charge in [-0.1, -0.05) is 36.4 Å². The van der Waals surface area contributed by atoms with Crippen LogP contribution in [-0.2, 0) is 16.1 Å². The molecule has 0 unspecified atom stereocenters. The average molecular weight is 526 g/mol. The summed E-state index contributed by atoms with van der Waals surface area (Å²) in [7, 11) is 3.37. The summed E-state index contributed by atoms with van der Waals surface area (Å²) in [5, 5.41) is 9.26. The number of nitrogens with one attached hydrogen (secondary N) is 3. The number of methoxy groups -OCH3 is 1. The van der Waals surface area contributed by atoms with Crippen LogP contribution in [0.15, 0.2) is 59.6 Å². The van der Waals surface area contributed by atoms with E-state index in [2.05, 4.69) is 20.9 Å². The predicted molar refractivity (Wildman–Crippen MR) is 132 cm³/mol. The van der Waals surface area contributed by atoms with Crippen molar-refractivity contribution in [1.29, 1.82) is 0 Å². The first-order chi connectivity index (χ1) is 14.2. The van der Waals surface area contributed by atoms with Gasteiger partial charge in [0.25, 0.3) is 0 Å². The number of aliphatic imine (C=N–C) groups is 1. The van der Waals surface area contributed by atoms with E-state index in [9.17, 15) is 4.79 Å². The van der Waals surface area contributed by atoms with E-state index in [1.807, 2.05) is 54.6 Å². The molecular formula is C22H31IN4O3. The summed E-state index contributed by atoms with van der Waals surface area (Å²) in [6.07, 6.45) is 1.19. The van der Waals surface area contributed by atoms with Crippen LogP contribution in [0.5, 0.6) is 5.75 Å². The van der Waals surface area contributed by atoms with Crippen LogP contribution in [0.25, 0.3) is 0 Å². The van der Waals surface area contributed by atoms with Crippen LogP contribution in [0.2, 0.25) is 0 Å². The SMILES string of the molecule is CN=C(NCCC(=O)NCc1ccccc1)Nc1cccc(OCCCOC)c1.I. The van der Waals surface area contributed by atoms with Crippen molar-refractivity contribution in [3.63, 3.8) is 0 Å². The fraction of sp³-hybridized carbons (Fsp3) is 0.364. The van der Waals surface area contributed by atoms with Crippen molar-refractivity contribution in [3.8, 4) is 5.75 Å². The maximum absolute atomic E-state index is 12.0. The van der Waals surface area contributed by atoms with Crippen LogP contribution < -0.4 is 20.7 Å². The number of nitrogens with zero attached hydrogens (tertiary/aromatic N) is 1. The Morgan fingerprint density at radius 2 is 1.83 bits per heavy atom. The summed E-state index contributed by atoms with van der Waals surface area (Å²) in [6, 6.07) is 17.5. The Hall–Kier alpha value is -2.33. The number of carbonyl (C=O) groups excluding carboxylic acids is 1. The van der Waals surface area contributed by atoms with Crippen LogP contribution in [0, 0.1) is 0 Å². The maximum atomic E-state index is 12.0. The monoisotopic (exact) mass is 526 g/mol. The highest BCUT2D eigenvalue weighted by Crippen LogP contribution is 2.17. The first-order valence-electron chi connectivity index (χ1n) is 9.71. The second-order valence-electron chi connectivity index (χ2n) is 6.36. The summed E-state index contributed by atoms with van der Waals surface area (Å²) in [5.41, 5.74) is 1.94.